The van der Waals surface area contributed by atoms with Gasteiger partial charge in [-0.3, -0.25) is 0 Å². The van der Waals surface area contributed by atoms with Gasteiger partial charge < -0.3 is 15.0 Å². The van der Waals surface area contributed by atoms with Crippen molar-refractivity contribution in [1.29, 1.82) is 0 Å². The largest absolute Gasteiger partial charge is 0.493 e. The van der Waals surface area contributed by atoms with Gasteiger partial charge in [-0.05, 0) is 56.6 Å². The number of nitrogens with one attached hydrogen (secondary N) is 1. The molecule has 1 fully saturated rings. The van der Waals surface area contributed by atoms with Crippen LogP contribution in [0.4, 0.5) is 0 Å². The first-order valence-electron chi connectivity index (χ1n) is 8.16. The predicted molar refractivity (Wildman–Crippen MR) is 89.9 cm³/mol. The minimum Gasteiger partial charge on any atom is -0.493 e. The molecule has 0 amide bonds. The zero-order chi connectivity index (χ0) is 14.7. The Morgan fingerprint density at radius 3 is 3.10 bits per heavy atom. The number of halogens is 1. The Bertz CT molecular complexity index is 492. The molecule has 0 radical (unpaired) electrons. The molecule has 0 aromatic heterocycles. The van der Waals surface area contributed by atoms with Crippen molar-refractivity contribution in [1.82, 2.24) is 10.2 Å². The van der Waals surface area contributed by atoms with Gasteiger partial charge in [0.2, 0.25) is 0 Å². The maximum Gasteiger partial charge on any atom is 0.127 e. The maximum absolute atomic E-state index is 5.81. The minimum atomic E-state index is 0.637. The van der Waals surface area contributed by atoms with E-state index in [9.17, 15) is 0 Å². The summed E-state index contributed by atoms with van der Waals surface area (Å²) >= 11 is 3.62. The number of hydrogen-bond acceptors (Lipinski definition) is 3. The lowest BCUT2D eigenvalue weighted by Crippen LogP contribution is -2.30. The lowest BCUT2D eigenvalue weighted by molar-refractivity contribution is 0.297. The summed E-state index contributed by atoms with van der Waals surface area (Å²) in [5, 5.41) is 3.75. The van der Waals surface area contributed by atoms with Crippen LogP contribution in [0, 0.1) is 0 Å². The van der Waals surface area contributed by atoms with Gasteiger partial charge in [0.25, 0.3) is 0 Å². The Kier molecular flexibility index (Phi) is 5.19. The molecule has 1 aromatic carbocycles. The van der Waals surface area contributed by atoms with E-state index in [1.807, 2.05) is 0 Å². The Hall–Kier alpha value is -0.580. The fourth-order valence-electron chi connectivity index (χ4n) is 3.41. The van der Waals surface area contributed by atoms with Crippen molar-refractivity contribution in [2.24, 2.45) is 0 Å². The molecular formula is C17H25BrN2O. The summed E-state index contributed by atoms with van der Waals surface area (Å²) in [6.07, 6.45) is 4.88. The van der Waals surface area contributed by atoms with Gasteiger partial charge in [-0.1, -0.05) is 22.9 Å². The molecule has 4 heteroatoms. The average molecular weight is 353 g/mol. The van der Waals surface area contributed by atoms with Crippen LogP contribution in [0.5, 0.6) is 5.75 Å². The normalized spacial score (nSPS) is 22.7. The van der Waals surface area contributed by atoms with E-state index in [0.717, 1.165) is 25.3 Å². The van der Waals surface area contributed by atoms with E-state index in [0.29, 0.717) is 6.04 Å². The smallest absolute Gasteiger partial charge is 0.127 e. The molecule has 1 atom stereocenters. The standard InChI is InChI=1S/C17H25BrN2O/c1-2-20-7-3-4-16(5-8-20)19-12-14-11-15(18)10-13-6-9-21-17(13)14/h10-11,16,19H,2-9,12H2,1H3. The summed E-state index contributed by atoms with van der Waals surface area (Å²) < 4.78 is 6.98. The van der Waals surface area contributed by atoms with Gasteiger partial charge in [0, 0.05) is 29.0 Å². The fourth-order valence-corrected chi connectivity index (χ4v) is 3.96. The van der Waals surface area contributed by atoms with E-state index in [2.05, 4.69) is 45.2 Å². The first-order chi connectivity index (χ1) is 10.3. The Balaban J connectivity index is 1.60. The molecular weight excluding hydrogens is 328 g/mol. The number of fused-ring (bicyclic) bond motifs is 1. The number of benzene rings is 1. The molecule has 1 N–H and O–H groups in total. The van der Waals surface area contributed by atoms with Crippen molar-refractivity contribution in [3.05, 3.63) is 27.7 Å². The van der Waals surface area contributed by atoms with Gasteiger partial charge in [0.15, 0.2) is 0 Å². The van der Waals surface area contributed by atoms with Gasteiger partial charge in [-0.25, -0.2) is 0 Å². The highest BCUT2D eigenvalue weighted by molar-refractivity contribution is 9.10. The highest BCUT2D eigenvalue weighted by atomic mass is 79.9. The van der Waals surface area contributed by atoms with Gasteiger partial charge in [0.05, 0.1) is 6.61 Å². The number of hydrogen-bond donors (Lipinski definition) is 1. The summed E-state index contributed by atoms with van der Waals surface area (Å²) in [7, 11) is 0. The van der Waals surface area contributed by atoms with Crippen molar-refractivity contribution in [3.63, 3.8) is 0 Å². The molecule has 116 valence electrons. The molecule has 3 nitrogen and oxygen atoms in total. The average Bonchev–Trinajstić information content (AvgIpc) is 2.82. The molecule has 3 rings (SSSR count). The van der Waals surface area contributed by atoms with Gasteiger partial charge in [0.1, 0.15) is 5.75 Å². The lowest BCUT2D eigenvalue weighted by Gasteiger charge is -2.19. The van der Waals surface area contributed by atoms with E-state index in [1.165, 1.54) is 54.5 Å². The first kappa shape index (κ1) is 15.3. The highest BCUT2D eigenvalue weighted by Gasteiger charge is 2.19. The highest BCUT2D eigenvalue weighted by Crippen LogP contribution is 2.33. The molecule has 0 spiro atoms. The van der Waals surface area contributed by atoms with Crippen molar-refractivity contribution in [2.75, 3.05) is 26.2 Å². The minimum absolute atomic E-state index is 0.637. The summed E-state index contributed by atoms with van der Waals surface area (Å²) in [4.78, 5) is 2.56. The quantitative estimate of drug-likeness (QED) is 0.899. The van der Waals surface area contributed by atoms with Crippen molar-refractivity contribution in [2.45, 2.75) is 45.2 Å². The van der Waals surface area contributed by atoms with Crippen LogP contribution in [0.2, 0.25) is 0 Å². The molecule has 2 aliphatic heterocycles. The second-order valence-corrected chi connectivity index (χ2v) is 7.01. The Labute approximate surface area is 136 Å². The van der Waals surface area contributed by atoms with Crippen LogP contribution in [0.25, 0.3) is 0 Å². The fraction of sp³-hybridized carbons (Fsp3) is 0.647. The summed E-state index contributed by atoms with van der Waals surface area (Å²) in [6.45, 7) is 7.66. The molecule has 1 saturated heterocycles. The second kappa shape index (κ2) is 7.12. The van der Waals surface area contributed by atoms with E-state index in [1.54, 1.807) is 0 Å². The van der Waals surface area contributed by atoms with Crippen LogP contribution in [-0.4, -0.2) is 37.2 Å². The molecule has 0 bridgehead atoms. The van der Waals surface area contributed by atoms with E-state index < -0.39 is 0 Å². The van der Waals surface area contributed by atoms with Crippen LogP contribution >= 0.6 is 15.9 Å². The van der Waals surface area contributed by atoms with Crippen LogP contribution < -0.4 is 10.1 Å². The van der Waals surface area contributed by atoms with Crippen molar-refractivity contribution in [3.8, 4) is 5.75 Å². The molecule has 21 heavy (non-hydrogen) atoms. The Morgan fingerprint density at radius 2 is 2.24 bits per heavy atom. The summed E-state index contributed by atoms with van der Waals surface area (Å²) in [5.74, 6) is 1.12. The van der Waals surface area contributed by atoms with E-state index in [4.69, 9.17) is 4.74 Å². The third-order valence-corrected chi connectivity index (χ3v) is 5.13. The van der Waals surface area contributed by atoms with E-state index in [-0.39, 0.29) is 0 Å². The molecule has 2 aliphatic rings. The number of likely N-dealkylation sites (tertiary alicyclic amines) is 1. The number of ether oxygens (including phenoxy) is 1. The maximum atomic E-state index is 5.81. The van der Waals surface area contributed by atoms with Crippen LogP contribution in [0.1, 0.15) is 37.3 Å². The topological polar surface area (TPSA) is 24.5 Å². The molecule has 2 heterocycles. The molecule has 1 unspecified atom stereocenters. The Morgan fingerprint density at radius 1 is 1.33 bits per heavy atom. The van der Waals surface area contributed by atoms with E-state index >= 15 is 0 Å². The summed E-state index contributed by atoms with van der Waals surface area (Å²) in [6, 6.07) is 5.03. The van der Waals surface area contributed by atoms with Gasteiger partial charge >= 0.3 is 0 Å². The van der Waals surface area contributed by atoms with Crippen molar-refractivity contribution < 1.29 is 4.74 Å². The zero-order valence-electron chi connectivity index (χ0n) is 12.8. The summed E-state index contributed by atoms with van der Waals surface area (Å²) in [5.41, 5.74) is 2.65. The van der Waals surface area contributed by atoms with Crippen LogP contribution in [-0.2, 0) is 13.0 Å². The SMILES string of the molecule is CCN1CCCC(NCc2cc(Br)cc3c2OCC3)CC1. The van der Waals surface area contributed by atoms with Gasteiger partial charge in [-0.15, -0.1) is 0 Å². The molecule has 1 aromatic rings. The van der Waals surface area contributed by atoms with Crippen molar-refractivity contribution >= 4 is 15.9 Å². The van der Waals surface area contributed by atoms with Gasteiger partial charge in [-0.2, -0.15) is 0 Å². The third kappa shape index (κ3) is 3.79. The third-order valence-electron chi connectivity index (χ3n) is 4.67. The number of nitrogens with zero attached hydrogens (tertiary/aromatic N) is 1. The molecule has 0 saturated carbocycles. The lowest BCUT2D eigenvalue weighted by atomic mass is 10.1. The second-order valence-electron chi connectivity index (χ2n) is 6.09. The monoisotopic (exact) mass is 352 g/mol. The predicted octanol–water partition coefficient (Wildman–Crippen LogP) is 3.35. The number of rotatable bonds is 4. The van der Waals surface area contributed by atoms with Crippen LogP contribution in [0.15, 0.2) is 16.6 Å². The van der Waals surface area contributed by atoms with Crippen LogP contribution in [0.3, 0.4) is 0 Å². The molecule has 0 aliphatic carbocycles. The zero-order valence-corrected chi connectivity index (χ0v) is 14.4. The first-order valence-corrected chi connectivity index (χ1v) is 8.95.